The first-order valence-electron chi connectivity index (χ1n) is 8.29. The SMILES string of the molecule is Nc1c(F)c(N2CC[C@H](N)C2)cc2c1c(=O)c(C(=O)O)cn2C1CC1. The van der Waals surface area contributed by atoms with Crippen molar-refractivity contribution in [2.24, 2.45) is 5.73 Å². The molecule has 25 heavy (non-hydrogen) atoms. The molecular formula is C17H19FN4O3. The number of carbonyl (C=O) groups is 1. The van der Waals surface area contributed by atoms with Crippen molar-refractivity contribution >= 4 is 28.2 Å². The summed E-state index contributed by atoms with van der Waals surface area (Å²) in [6.45, 7) is 1.13. The molecule has 0 bridgehead atoms. The third kappa shape index (κ3) is 2.44. The Labute approximate surface area is 142 Å². The molecule has 0 amide bonds. The Morgan fingerprint density at radius 1 is 1.32 bits per heavy atom. The van der Waals surface area contributed by atoms with E-state index in [1.54, 1.807) is 10.6 Å². The van der Waals surface area contributed by atoms with Crippen LogP contribution in [0.25, 0.3) is 10.9 Å². The van der Waals surface area contributed by atoms with E-state index in [0.29, 0.717) is 24.3 Å². The number of nitrogen functional groups attached to an aromatic ring is 1. The molecule has 0 unspecified atom stereocenters. The lowest BCUT2D eigenvalue weighted by atomic mass is 10.1. The van der Waals surface area contributed by atoms with Crippen LogP contribution in [0.1, 0.15) is 35.7 Å². The number of nitrogens with two attached hydrogens (primary N) is 2. The number of hydrogen-bond donors (Lipinski definition) is 3. The largest absolute Gasteiger partial charge is 0.477 e. The van der Waals surface area contributed by atoms with E-state index in [0.717, 1.165) is 19.3 Å². The Morgan fingerprint density at radius 3 is 2.60 bits per heavy atom. The first-order valence-corrected chi connectivity index (χ1v) is 8.29. The number of carboxylic acids is 1. The smallest absolute Gasteiger partial charge is 0.341 e. The zero-order valence-electron chi connectivity index (χ0n) is 13.5. The van der Waals surface area contributed by atoms with Crippen molar-refractivity contribution in [1.29, 1.82) is 0 Å². The first-order chi connectivity index (χ1) is 11.9. The Kier molecular flexibility index (Phi) is 3.47. The van der Waals surface area contributed by atoms with Crippen molar-refractivity contribution in [3.05, 3.63) is 33.9 Å². The molecule has 2 aliphatic rings. The van der Waals surface area contributed by atoms with Gasteiger partial charge < -0.3 is 26.0 Å². The molecule has 1 aliphatic carbocycles. The Balaban J connectivity index is 2.02. The van der Waals surface area contributed by atoms with Crippen molar-refractivity contribution in [3.63, 3.8) is 0 Å². The van der Waals surface area contributed by atoms with Gasteiger partial charge >= 0.3 is 5.97 Å². The molecule has 1 saturated carbocycles. The minimum absolute atomic E-state index is 0.0312. The molecule has 4 rings (SSSR count). The van der Waals surface area contributed by atoms with Crippen LogP contribution in [0.15, 0.2) is 17.1 Å². The highest BCUT2D eigenvalue weighted by Gasteiger charge is 2.30. The second-order valence-electron chi connectivity index (χ2n) is 6.83. The summed E-state index contributed by atoms with van der Waals surface area (Å²) >= 11 is 0. The third-order valence-corrected chi connectivity index (χ3v) is 5.01. The van der Waals surface area contributed by atoms with Crippen LogP contribution in [0.5, 0.6) is 0 Å². The fraction of sp³-hybridized carbons (Fsp3) is 0.412. The molecule has 1 aromatic carbocycles. The Morgan fingerprint density at radius 2 is 2.04 bits per heavy atom. The number of hydrogen-bond acceptors (Lipinski definition) is 5. The van der Waals surface area contributed by atoms with Crippen molar-refractivity contribution in [1.82, 2.24) is 4.57 Å². The van der Waals surface area contributed by atoms with E-state index >= 15 is 0 Å². The molecule has 0 radical (unpaired) electrons. The maximum atomic E-state index is 14.9. The average Bonchev–Trinajstić information content (AvgIpc) is 3.31. The summed E-state index contributed by atoms with van der Waals surface area (Å²) in [6, 6.07) is 1.68. The number of nitrogens with zero attached hydrogens (tertiary/aromatic N) is 2. The van der Waals surface area contributed by atoms with Gasteiger partial charge in [0.2, 0.25) is 5.43 Å². The van der Waals surface area contributed by atoms with Crippen LogP contribution in [0.2, 0.25) is 0 Å². The number of anilines is 2. The van der Waals surface area contributed by atoms with Gasteiger partial charge in [-0.3, -0.25) is 4.79 Å². The highest BCUT2D eigenvalue weighted by molar-refractivity contribution is 5.99. The van der Waals surface area contributed by atoms with E-state index in [4.69, 9.17) is 11.5 Å². The second-order valence-corrected chi connectivity index (χ2v) is 6.83. The fourth-order valence-electron chi connectivity index (χ4n) is 3.54. The monoisotopic (exact) mass is 346 g/mol. The van der Waals surface area contributed by atoms with E-state index in [1.165, 1.54) is 6.20 Å². The van der Waals surface area contributed by atoms with Crippen molar-refractivity contribution < 1.29 is 14.3 Å². The van der Waals surface area contributed by atoms with E-state index in [2.05, 4.69) is 0 Å². The fourth-order valence-corrected chi connectivity index (χ4v) is 3.54. The van der Waals surface area contributed by atoms with Crippen LogP contribution in [0.3, 0.4) is 0 Å². The second kappa shape index (κ2) is 5.45. The number of aromatic carboxylic acids is 1. The van der Waals surface area contributed by atoms with Crippen LogP contribution in [-0.4, -0.2) is 34.8 Å². The minimum Gasteiger partial charge on any atom is -0.477 e. The predicted octanol–water partition coefficient (Wildman–Crippen LogP) is 1.29. The van der Waals surface area contributed by atoms with E-state index < -0.39 is 17.2 Å². The molecular weight excluding hydrogens is 327 g/mol. The topological polar surface area (TPSA) is 115 Å². The highest BCUT2D eigenvalue weighted by Crippen LogP contribution is 2.40. The lowest BCUT2D eigenvalue weighted by molar-refractivity contribution is 0.0695. The lowest BCUT2D eigenvalue weighted by Crippen LogP contribution is -2.27. The van der Waals surface area contributed by atoms with Gasteiger partial charge in [0.1, 0.15) is 5.56 Å². The number of pyridine rings is 1. The summed E-state index contributed by atoms with van der Waals surface area (Å²) in [5.74, 6) is -2.03. The summed E-state index contributed by atoms with van der Waals surface area (Å²) in [4.78, 5) is 25.8. The molecule has 5 N–H and O–H groups in total. The summed E-state index contributed by atoms with van der Waals surface area (Å²) in [5.41, 5.74) is 11.2. The van der Waals surface area contributed by atoms with Gasteiger partial charge in [-0.25, -0.2) is 9.18 Å². The normalized spacial score (nSPS) is 20.4. The van der Waals surface area contributed by atoms with Crippen LogP contribution < -0.4 is 21.8 Å². The quantitative estimate of drug-likeness (QED) is 0.722. The number of aromatic nitrogens is 1. The minimum atomic E-state index is -1.34. The molecule has 0 spiro atoms. The van der Waals surface area contributed by atoms with Gasteiger partial charge in [0, 0.05) is 31.4 Å². The van der Waals surface area contributed by atoms with Gasteiger partial charge in [-0.15, -0.1) is 0 Å². The maximum Gasteiger partial charge on any atom is 0.341 e. The Bertz CT molecular complexity index is 951. The lowest BCUT2D eigenvalue weighted by Gasteiger charge is -2.22. The summed E-state index contributed by atoms with van der Waals surface area (Å²) in [5, 5.41) is 9.24. The van der Waals surface area contributed by atoms with E-state index in [-0.39, 0.29) is 28.7 Å². The van der Waals surface area contributed by atoms with Crippen LogP contribution in [-0.2, 0) is 0 Å². The molecule has 132 valence electrons. The van der Waals surface area contributed by atoms with Gasteiger partial charge in [0.05, 0.1) is 22.3 Å². The van der Waals surface area contributed by atoms with Crippen molar-refractivity contribution in [3.8, 4) is 0 Å². The van der Waals surface area contributed by atoms with Crippen molar-refractivity contribution in [2.75, 3.05) is 23.7 Å². The number of fused-ring (bicyclic) bond motifs is 1. The first kappa shape index (κ1) is 15.9. The summed E-state index contributed by atoms with van der Waals surface area (Å²) in [7, 11) is 0. The summed E-state index contributed by atoms with van der Waals surface area (Å²) < 4.78 is 16.6. The van der Waals surface area contributed by atoms with E-state index in [9.17, 15) is 19.1 Å². The molecule has 2 fully saturated rings. The average molecular weight is 346 g/mol. The third-order valence-electron chi connectivity index (χ3n) is 5.01. The molecule has 7 nitrogen and oxygen atoms in total. The molecule has 1 aromatic heterocycles. The van der Waals surface area contributed by atoms with Crippen LogP contribution in [0.4, 0.5) is 15.8 Å². The number of halogens is 1. The standard InChI is InChI=1S/C17H19FN4O3/c18-14-12(21-4-3-8(19)6-21)5-11-13(15(14)20)16(23)10(17(24)25)7-22(11)9-1-2-9/h5,7-9H,1-4,6,19-20H2,(H,24,25)/t8-/m0/s1. The number of carboxylic acid groups (broad SMARTS) is 1. The molecule has 1 aliphatic heterocycles. The molecule has 2 heterocycles. The molecule has 8 heteroatoms. The maximum absolute atomic E-state index is 14.9. The van der Waals surface area contributed by atoms with Gasteiger partial charge in [-0.2, -0.15) is 0 Å². The molecule has 1 saturated heterocycles. The van der Waals surface area contributed by atoms with Gasteiger partial charge in [-0.1, -0.05) is 0 Å². The number of rotatable bonds is 3. The zero-order chi connectivity index (χ0) is 17.9. The van der Waals surface area contributed by atoms with Crippen LogP contribution in [0, 0.1) is 5.82 Å². The van der Waals surface area contributed by atoms with Crippen LogP contribution >= 0.6 is 0 Å². The van der Waals surface area contributed by atoms with E-state index in [1.807, 2.05) is 4.90 Å². The highest BCUT2D eigenvalue weighted by atomic mass is 19.1. The predicted molar refractivity (Wildman–Crippen MR) is 92.6 cm³/mol. The molecule has 2 aromatic rings. The van der Waals surface area contributed by atoms with Gasteiger partial charge in [-0.05, 0) is 25.3 Å². The van der Waals surface area contributed by atoms with Crippen molar-refractivity contribution in [2.45, 2.75) is 31.3 Å². The molecule has 1 atom stereocenters. The van der Waals surface area contributed by atoms with Gasteiger partial charge in [0.15, 0.2) is 5.82 Å². The zero-order valence-corrected chi connectivity index (χ0v) is 13.5. The van der Waals surface area contributed by atoms with Gasteiger partial charge in [0.25, 0.3) is 0 Å². The summed E-state index contributed by atoms with van der Waals surface area (Å²) in [6.07, 6.45) is 3.88. The number of benzene rings is 1. The Hall–Kier alpha value is -2.61.